The van der Waals surface area contributed by atoms with Crippen LogP contribution >= 0.6 is 23.1 Å². The number of aromatic carboxylic acids is 1. The van der Waals surface area contributed by atoms with Gasteiger partial charge in [0, 0.05) is 0 Å². The van der Waals surface area contributed by atoms with Crippen molar-refractivity contribution in [2.75, 3.05) is 12.4 Å². The molecule has 0 aliphatic carbocycles. The third-order valence-corrected chi connectivity index (χ3v) is 4.35. The molecular weight excluding hydrogens is 334 g/mol. The van der Waals surface area contributed by atoms with Crippen LogP contribution in [-0.2, 0) is 9.59 Å². The minimum absolute atomic E-state index is 0.0443. The van der Waals surface area contributed by atoms with Gasteiger partial charge in [0.2, 0.25) is 0 Å². The summed E-state index contributed by atoms with van der Waals surface area (Å²) in [4.78, 5) is 36.7. The van der Waals surface area contributed by atoms with Crippen LogP contribution < -0.4 is 4.74 Å². The summed E-state index contributed by atoms with van der Waals surface area (Å²) in [5.74, 6) is -3.68. The number of nitrogens with zero attached hydrogens (tertiary/aromatic N) is 1. The number of carboxylic acid groups (broad SMARTS) is 3. The van der Waals surface area contributed by atoms with Crippen molar-refractivity contribution in [1.82, 2.24) is 4.98 Å². The lowest BCUT2D eigenvalue weighted by atomic mass is 10.3. The molecular formula is C12H9NO7S2. The van der Waals surface area contributed by atoms with Gasteiger partial charge >= 0.3 is 17.9 Å². The molecule has 0 aromatic carbocycles. The number of hydrogen-bond acceptors (Lipinski definition) is 7. The minimum atomic E-state index is -1.25. The summed E-state index contributed by atoms with van der Waals surface area (Å²) in [5, 5.41) is 27.2. The molecule has 116 valence electrons. The molecule has 0 aliphatic heterocycles. The molecule has 2 aromatic heterocycles. The van der Waals surface area contributed by atoms with Gasteiger partial charge in [0.15, 0.2) is 17.2 Å². The molecule has 2 rings (SSSR count). The largest absolute Gasteiger partial charge is 0.481 e. The number of thiophene rings is 1. The third kappa shape index (κ3) is 3.65. The summed E-state index contributed by atoms with van der Waals surface area (Å²) in [7, 11) is 0. The number of thioether (sulfide) groups is 1. The molecule has 0 bridgehead atoms. The average molecular weight is 343 g/mol. The van der Waals surface area contributed by atoms with Crippen LogP contribution in [-0.4, -0.2) is 50.6 Å². The normalized spacial score (nSPS) is 10.5. The molecule has 3 N–H and O–H groups in total. The number of aliphatic carboxylic acids is 2. The van der Waals surface area contributed by atoms with Gasteiger partial charge < -0.3 is 20.1 Å². The zero-order valence-electron chi connectivity index (χ0n) is 10.8. The maximum absolute atomic E-state index is 11.2. The molecule has 0 unspecified atom stereocenters. The number of carboxylic acids is 3. The Morgan fingerprint density at radius 3 is 2.50 bits per heavy atom. The highest BCUT2D eigenvalue weighted by Gasteiger charge is 2.21. The molecule has 0 fully saturated rings. The van der Waals surface area contributed by atoms with Crippen molar-refractivity contribution in [3.8, 4) is 5.75 Å². The highest BCUT2D eigenvalue weighted by molar-refractivity contribution is 7.99. The Bertz CT molecular complexity index is 755. The number of aromatic nitrogens is 1. The molecule has 0 saturated carbocycles. The van der Waals surface area contributed by atoms with E-state index in [0.29, 0.717) is 15.2 Å². The molecule has 0 amide bonds. The van der Waals surface area contributed by atoms with Gasteiger partial charge in [-0.2, -0.15) is 0 Å². The number of hydrogen-bond donors (Lipinski definition) is 3. The Kier molecular flexibility index (Phi) is 4.83. The van der Waals surface area contributed by atoms with E-state index in [0.717, 1.165) is 23.1 Å². The average Bonchev–Trinajstić information content (AvgIpc) is 2.80. The summed E-state index contributed by atoms with van der Waals surface area (Å²) < 4.78 is 5.04. The summed E-state index contributed by atoms with van der Waals surface area (Å²) in [5.41, 5.74) is 0. The molecule has 0 radical (unpaired) electrons. The van der Waals surface area contributed by atoms with Crippen LogP contribution in [0.1, 0.15) is 9.67 Å². The van der Waals surface area contributed by atoms with Gasteiger partial charge in [-0.15, -0.1) is 11.3 Å². The molecule has 2 heterocycles. The zero-order valence-corrected chi connectivity index (χ0v) is 12.4. The Labute approximate surface area is 131 Å². The summed E-state index contributed by atoms with van der Waals surface area (Å²) >= 11 is 1.84. The number of ether oxygens (including phenoxy) is 1. The molecule has 0 spiro atoms. The molecule has 0 saturated heterocycles. The fourth-order valence-corrected chi connectivity index (χ4v) is 3.18. The number of carbonyl (C=O) groups is 3. The van der Waals surface area contributed by atoms with Crippen LogP contribution in [0.3, 0.4) is 0 Å². The zero-order chi connectivity index (χ0) is 16.3. The van der Waals surface area contributed by atoms with E-state index in [1.165, 1.54) is 12.1 Å². The summed E-state index contributed by atoms with van der Waals surface area (Å²) in [6, 6.07) is 3.06. The third-order valence-electron chi connectivity index (χ3n) is 2.36. The highest BCUT2D eigenvalue weighted by atomic mass is 32.2. The first-order valence-electron chi connectivity index (χ1n) is 5.74. The van der Waals surface area contributed by atoms with Crippen molar-refractivity contribution < 1.29 is 34.4 Å². The Balaban J connectivity index is 2.39. The van der Waals surface area contributed by atoms with Gasteiger partial charge in [-0.3, -0.25) is 4.79 Å². The van der Waals surface area contributed by atoms with Gasteiger partial charge in [0.25, 0.3) is 0 Å². The Hall–Kier alpha value is -2.33. The fraction of sp³-hybridized carbons (Fsp3) is 0.167. The van der Waals surface area contributed by atoms with Crippen molar-refractivity contribution in [1.29, 1.82) is 0 Å². The van der Waals surface area contributed by atoms with Crippen LogP contribution in [0.4, 0.5) is 0 Å². The maximum Gasteiger partial charge on any atom is 0.349 e. The minimum Gasteiger partial charge on any atom is -0.481 e. The van der Waals surface area contributed by atoms with E-state index in [-0.39, 0.29) is 16.4 Å². The number of pyridine rings is 1. The van der Waals surface area contributed by atoms with Crippen molar-refractivity contribution in [3.63, 3.8) is 0 Å². The van der Waals surface area contributed by atoms with Crippen molar-refractivity contribution >= 4 is 51.2 Å². The van der Waals surface area contributed by atoms with Crippen LogP contribution in [0.2, 0.25) is 0 Å². The van der Waals surface area contributed by atoms with E-state index >= 15 is 0 Å². The second kappa shape index (κ2) is 6.62. The van der Waals surface area contributed by atoms with E-state index in [1.807, 2.05) is 0 Å². The lowest BCUT2D eigenvalue weighted by Gasteiger charge is -2.03. The second-order valence-electron chi connectivity index (χ2n) is 3.93. The molecule has 2 aromatic rings. The molecule has 0 aliphatic rings. The fourth-order valence-electron chi connectivity index (χ4n) is 1.57. The molecule has 8 nitrogen and oxygen atoms in total. The Morgan fingerprint density at radius 1 is 1.18 bits per heavy atom. The smallest absolute Gasteiger partial charge is 0.349 e. The van der Waals surface area contributed by atoms with Crippen LogP contribution in [0.5, 0.6) is 5.75 Å². The molecule has 0 atom stereocenters. The predicted octanol–water partition coefficient (Wildman–Crippen LogP) is 1.63. The quantitative estimate of drug-likeness (QED) is 0.641. The highest BCUT2D eigenvalue weighted by Crippen LogP contribution is 2.38. The van der Waals surface area contributed by atoms with Crippen molar-refractivity contribution in [2.45, 2.75) is 5.03 Å². The van der Waals surface area contributed by atoms with E-state index in [1.54, 1.807) is 0 Å². The lowest BCUT2D eigenvalue weighted by Crippen LogP contribution is -2.10. The summed E-state index contributed by atoms with van der Waals surface area (Å²) in [6.45, 7) is -0.665. The van der Waals surface area contributed by atoms with Gasteiger partial charge in [-0.1, -0.05) is 11.8 Å². The molecule has 22 heavy (non-hydrogen) atoms. The maximum atomic E-state index is 11.2. The van der Waals surface area contributed by atoms with E-state index < -0.39 is 24.5 Å². The van der Waals surface area contributed by atoms with E-state index in [9.17, 15) is 14.4 Å². The lowest BCUT2D eigenvalue weighted by molar-refractivity contribution is -0.139. The number of rotatable bonds is 7. The van der Waals surface area contributed by atoms with Crippen LogP contribution in [0, 0.1) is 0 Å². The van der Waals surface area contributed by atoms with Crippen molar-refractivity contribution in [2.24, 2.45) is 0 Å². The molecule has 10 heteroatoms. The Morgan fingerprint density at radius 2 is 1.91 bits per heavy atom. The van der Waals surface area contributed by atoms with Crippen molar-refractivity contribution in [3.05, 3.63) is 17.0 Å². The monoisotopic (exact) mass is 343 g/mol. The van der Waals surface area contributed by atoms with Gasteiger partial charge in [-0.25, -0.2) is 14.6 Å². The first-order valence-corrected chi connectivity index (χ1v) is 7.54. The van der Waals surface area contributed by atoms with E-state index in [4.69, 9.17) is 20.1 Å². The number of fused-ring (bicyclic) bond motifs is 1. The first-order chi connectivity index (χ1) is 10.4. The van der Waals surface area contributed by atoms with Gasteiger partial charge in [-0.05, 0) is 12.1 Å². The predicted molar refractivity (Wildman–Crippen MR) is 78.1 cm³/mol. The van der Waals surface area contributed by atoms with E-state index in [2.05, 4.69) is 4.98 Å². The summed E-state index contributed by atoms with van der Waals surface area (Å²) in [6.07, 6.45) is 0. The van der Waals surface area contributed by atoms with Gasteiger partial charge in [0.1, 0.15) is 4.83 Å². The van der Waals surface area contributed by atoms with Crippen LogP contribution in [0.25, 0.3) is 10.2 Å². The second-order valence-corrected chi connectivity index (χ2v) is 5.93. The standard InChI is InChI=1S/C12H9NO7S2/c14-7(15)3-20-9-5-1-2-6(21-4-8(16)17)13-11(5)22-10(9)12(18)19/h1-2H,3-4H2,(H,14,15)(H,16,17)(H,18,19). The van der Waals surface area contributed by atoms with Gasteiger partial charge in [0.05, 0.1) is 16.2 Å². The van der Waals surface area contributed by atoms with Crippen LogP contribution in [0.15, 0.2) is 17.2 Å². The SMILES string of the molecule is O=C(O)COc1c(C(=O)O)sc2nc(SCC(=O)O)ccc12. The first kappa shape index (κ1) is 16.0. The topological polar surface area (TPSA) is 134 Å².